The van der Waals surface area contributed by atoms with Crippen LogP contribution in [0.25, 0.3) is 0 Å². The predicted octanol–water partition coefficient (Wildman–Crippen LogP) is 0.180. The van der Waals surface area contributed by atoms with Gasteiger partial charge in [-0.1, -0.05) is 0 Å². The minimum Gasteiger partial charge on any atom is -0.366 e. The average Bonchev–Trinajstić information content (AvgIpc) is 2.14. The molecule has 1 rings (SSSR count). The highest BCUT2D eigenvalue weighted by Crippen LogP contribution is 1.97. The Hall–Kier alpha value is -0.590. The number of primary amides is 1. The lowest BCUT2D eigenvalue weighted by molar-refractivity contribution is 0.100. The number of hydrogen-bond donors (Lipinski definition) is 1. The minimum absolute atomic E-state index is 0.435. The van der Waals surface area contributed by atoms with Crippen molar-refractivity contribution in [2.45, 2.75) is 0 Å². The Morgan fingerprint density at radius 3 is 2.78 bits per heavy atom. The second-order valence-corrected chi connectivity index (χ2v) is 2.47. The maximum absolute atomic E-state index is 10.4. The Labute approximate surface area is 65.5 Å². The summed E-state index contributed by atoms with van der Waals surface area (Å²) >= 11 is 1.93. The van der Waals surface area contributed by atoms with Crippen molar-refractivity contribution in [3.05, 3.63) is 18.0 Å². The van der Waals surface area contributed by atoms with Gasteiger partial charge in [-0.15, -0.1) is 0 Å². The summed E-state index contributed by atoms with van der Waals surface area (Å²) in [7, 11) is 0. The number of nitrogens with zero attached hydrogens (tertiary/aromatic N) is 2. The Morgan fingerprint density at radius 2 is 2.56 bits per heavy atom. The van der Waals surface area contributed by atoms with E-state index in [0.29, 0.717) is 5.56 Å². The van der Waals surface area contributed by atoms with Gasteiger partial charge in [0.25, 0.3) is 5.91 Å². The van der Waals surface area contributed by atoms with E-state index in [2.05, 4.69) is 5.10 Å². The number of aromatic nitrogens is 2. The molecule has 0 atom stereocenters. The summed E-state index contributed by atoms with van der Waals surface area (Å²) in [6.07, 6.45) is 2.98. The number of nitrogens with two attached hydrogens (primary N) is 1. The number of halogens is 1. The van der Waals surface area contributed by atoms with E-state index in [1.807, 2.05) is 22.9 Å². The van der Waals surface area contributed by atoms with E-state index >= 15 is 0 Å². The lowest BCUT2D eigenvalue weighted by Gasteiger charge is -1.80. The van der Waals surface area contributed by atoms with Gasteiger partial charge in [0, 0.05) is 6.20 Å². The van der Waals surface area contributed by atoms with Gasteiger partial charge in [-0.25, -0.2) is 2.90 Å². The summed E-state index contributed by atoms with van der Waals surface area (Å²) in [6.45, 7) is 0. The van der Waals surface area contributed by atoms with E-state index in [4.69, 9.17) is 5.73 Å². The molecule has 2 N–H and O–H groups in total. The Kier molecular flexibility index (Phi) is 1.70. The second kappa shape index (κ2) is 2.34. The largest absolute Gasteiger partial charge is 0.366 e. The Bertz CT molecular complexity index is 231. The van der Waals surface area contributed by atoms with E-state index in [0.717, 1.165) is 0 Å². The SMILES string of the molecule is NC(=O)c1cnn(I)c1. The van der Waals surface area contributed by atoms with Gasteiger partial charge in [-0.05, 0) is 0 Å². The molecule has 1 aromatic rings. The van der Waals surface area contributed by atoms with Crippen LogP contribution in [0, 0.1) is 0 Å². The van der Waals surface area contributed by atoms with Gasteiger partial charge in [0.05, 0.1) is 34.6 Å². The number of hydrogen-bond acceptors (Lipinski definition) is 2. The summed E-state index contributed by atoms with van der Waals surface area (Å²) in [5.74, 6) is -0.446. The van der Waals surface area contributed by atoms with Gasteiger partial charge < -0.3 is 5.73 Å². The topological polar surface area (TPSA) is 60.9 Å². The first-order valence-corrected chi connectivity index (χ1v) is 3.17. The molecule has 0 saturated carbocycles. The van der Waals surface area contributed by atoms with Crippen molar-refractivity contribution in [2.24, 2.45) is 5.73 Å². The summed E-state index contributed by atoms with van der Waals surface area (Å²) in [5, 5.41) is 3.74. The number of rotatable bonds is 1. The van der Waals surface area contributed by atoms with Crippen LogP contribution < -0.4 is 5.73 Å². The number of carbonyl (C=O) groups is 1. The van der Waals surface area contributed by atoms with Crippen molar-refractivity contribution in [2.75, 3.05) is 0 Å². The zero-order chi connectivity index (χ0) is 6.85. The van der Waals surface area contributed by atoms with E-state index in [1.54, 1.807) is 6.20 Å². The van der Waals surface area contributed by atoms with Gasteiger partial charge in [0.2, 0.25) is 0 Å². The molecule has 0 aliphatic heterocycles. The van der Waals surface area contributed by atoms with E-state index in [9.17, 15) is 4.79 Å². The smallest absolute Gasteiger partial charge is 0.251 e. The van der Waals surface area contributed by atoms with Crippen molar-refractivity contribution in [3.63, 3.8) is 0 Å². The van der Waals surface area contributed by atoms with Gasteiger partial charge >= 0.3 is 0 Å². The van der Waals surface area contributed by atoms with Crippen LogP contribution in [0.4, 0.5) is 0 Å². The van der Waals surface area contributed by atoms with E-state index in [-0.39, 0.29) is 0 Å². The lowest BCUT2D eigenvalue weighted by atomic mass is 10.4. The minimum atomic E-state index is -0.446. The lowest BCUT2D eigenvalue weighted by Crippen LogP contribution is -2.09. The maximum atomic E-state index is 10.4. The molecule has 1 aromatic heterocycles. The first kappa shape index (κ1) is 6.53. The predicted molar refractivity (Wildman–Crippen MR) is 40.2 cm³/mol. The molecule has 48 valence electrons. The highest BCUT2D eigenvalue weighted by molar-refractivity contribution is 14.1. The van der Waals surface area contributed by atoms with Crippen LogP contribution in [0.15, 0.2) is 12.4 Å². The normalized spacial score (nSPS) is 9.44. The molecule has 0 radical (unpaired) electrons. The fourth-order valence-corrected chi connectivity index (χ4v) is 0.851. The molecule has 9 heavy (non-hydrogen) atoms. The molecular weight excluding hydrogens is 233 g/mol. The van der Waals surface area contributed by atoms with Gasteiger partial charge in [-0.3, -0.25) is 4.79 Å². The summed E-state index contributed by atoms with van der Waals surface area (Å²) in [4.78, 5) is 10.4. The van der Waals surface area contributed by atoms with E-state index in [1.165, 1.54) is 9.09 Å². The highest BCUT2D eigenvalue weighted by Gasteiger charge is 2.00. The van der Waals surface area contributed by atoms with Crippen LogP contribution in [-0.2, 0) is 0 Å². The van der Waals surface area contributed by atoms with Gasteiger partial charge in [-0.2, -0.15) is 5.10 Å². The molecule has 0 spiro atoms. The molecule has 0 bridgehead atoms. The molecule has 0 aliphatic rings. The fourth-order valence-electron chi connectivity index (χ4n) is 0.426. The fraction of sp³-hybridized carbons (Fsp3) is 0. The zero-order valence-electron chi connectivity index (χ0n) is 4.41. The van der Waals surface area contributed by atoms with Gasteiger partial charge in [0.1, 0.15) is 0 Å². The zero-order valence-corrected chi connectivity index (χ0v) is 6.57. The van der Waals surface area contributed by atoms with Crippen LogP contribution in [-0.4, -0.2) is 13.9 Å². The number of amides is 1. The maximum Gasteiger partial charge on any atom is 0.251 e. The molecular formula is C4H4IN3O. The molecule has 4 nitrogen and oxygen atoms in total. The molecule has 0 saturated heterocycles. The van der Waals surface area contributed by atoms with E-state index < -0.39 is 5.91 Å². The highest BCUT2D eigenvalue weighted by atomic mass is 127. The van der Waals surface area contributed by atoms with Crippen molar-refractivity contribution in [1.29, 1.82) is 0 Å². The Balaban J connectivity index is 2.98. The van der Waals surface area contributed by atoms with Crippen LogP contribution in [0.1, 0.15) is 10.4 Å². The number of carbonyl (C=O) groups excluding carboxylic acids is 1. The van der Waals surface area contributed by atoms with Crippen LogP contribution in [0.3, 0.4) is 0 Å². The third kappa shape index (κ3) is 1.41. The van der Waals surface area contributed by atoms with Crippen molar-refractivity contribution < 1.29 is 4.79 Å². The van der Waals surface area contributed by atoms with Crippen LogP contribution in [0.2, 0.25) is 0 Å². The molecule has 1 amide bonds. The molecule has 0 unspecified atom stereocenters. The molecule has 0 aliphatic carbocycles. The standard InChI is InChI=1S/C4H4IN3O/c5-8-2-3(1-7-8)4(6)9/h1-2H,(H2,6,9). The third-order valence-corrected chi connectivity index (χ3v) is 1.36. The summed E-state index contributed by atoms with van der Waals surface area (Å²) in [5.41, 5.74) is 5.37. The first-order valence-electron chi connectivity index (χ1n) is 2.21. The second-order valence-electron chi connectivity index (χ2n) is 1.48. The van der Waals surface area contributed by atoms with Crippen molar-refractivity contribution in [3.8, 4) is 0 Å². The van der Waals surface area contributed by atoms with Crippen LogP contribution >= 0.6 is 22.9 Å². The molecule has 5 heteroatoms. The quantitative estimate of drug-likeness (QED) is 0.708. The average molecular weight is 237 g/mol. The first-order chi connectivity index (χ1) is 4.20. The van der Waals surface area contributed by atoms with Crippen molar-refractivity contribution in [1.82, 2.24) is 7.99 Å². The van der Waals surface area contributed by atoms with Gasteiger partial charge in [0.15, 0.2) is 0 Å². The van der Waals surface area contributed by atoms with Crippen LogP contribution in [0.5, 0.6) is 0 Å². The molecule has 1 heterocycles. The monoisotopic (exact) mass is 237 g/mol. The molecule has 0 fully saturated rings. The summed E-state index contributed by atoms with van der Waals surface area (Å²) in [6, 6.07) is 0. The molecule has 0 aromatic carbocycles. The van der Waals surface area contributed by atoms with Crippen molar-refractivity contribution >= 4 is 28.8 Å². The third-order valence-electron chi connectivity index (χ3n) is 0.837. The Morgan fingerprint density at radius 1 is 1.89 bits per heavy atom. The summed E-state index contributed by atoms with van der Waals surface area (Å²) < 4.78 is 1.50.